The van der Waals surface area contributed by atoms with Gasteiger partial charge in [0.25, 0.3) is 0 Å². The average Bonchev–Trinajstić information content (AvgIpc) is 2.47. The van der Waals surface area contributed by atoms with Crippen molar-refractivity contribution in [2.45, 2.75) is 13.5 Å². The first-order chi connectivity index (χ1) is 10.1. The predicted octanol–water partition coefficient (Wildman–Crippen LogP) is 3.05. The lowest BCUT2D eigenvalue weighted by Gasteiger charge is -2.07. The number of benzene rings is 1. The van der Waals surface area contributed by atoms with Crippen molar-refractivity contribution in [2.24, 2.45) is 0 Å². The van der Waals surface area contributed by atoms with E-state index in [4.69, 9.17) is 16.3 Å². The maximum absolute atomic E-state index is 10.9. The summed E-state index contributed by atoms with van der Waals surface area (Å²) in [4.78, 5) is 18.7. The van der Waals surface area contributed by atoms with Crippen molar-refractivity contribution in [2.75, 3.05) is 11.9 Å². The molecule has 1 aromatic heterocycles. The molecule has 0 bridgehead atoms. The summed E-state index contributed by atoms with van der Waals surface area (Å²) in [5.74, 6) is 0.806. The molecule has 0 saturated heterocycles. The number of nitrogens with one attached hydrogen (secondary N) is 1. The molecule has 0 fully saturated rings. The van der Waals surface area contributed by atoms with E-state index in [2.05, 4.69) is 15.3 Å². The molecule has 0 unspecified atom stereocenters. The Morgan fingerprint density at radius 2 is 2.19 bits per heavy atom. The van der Waals surface area contributed by atoms with E-state index in [1.807, 2.05) is 6.92 Å². The van der Waals surface area contributed by atoms with E-state index in [0.29, 0.717) is 11.5 Å². The second-order valence-electron chi connectivity index (χ2n) is 4.08. The molecular weight excluding hydrogens is 296 g/mol. The van der Waals surface area contributed by atoms with Gasteiger partial charge in [0.2, 0.25) is 0 Å². The highest BCUT2D eigenvalue weighted by atomic mass is 35.5. The Balaban J connectivity index is 2.07. The monoisotopic (exact) mass is 308 g/mol. The summed E-state index contributed by atoms with van der Waals surface area (Å²) in [6.07, 6.45) is 3.14. The van der Waals surface area contributed by atoms with Crippen molar-refractivity contribution in [3.63, 3.8) is 0 Å². The minimum atomic E-state index is -0.541. The molecule has 21 heavy (non-hydrogen) atoms. The number of rotatable bonds is 6. The molecular formula is C13H13ClN4O3. The fourth-order valence-electron chi connectivity index (χ4n) is 1.61. The third kappa shape index (κ3) is 4.03. The summed E-state index contributed by atoms with van der Waals surface area (Å²) in [5, 5.41) is 14.2. The van der Waals surface area contributed by atoms with Gasteiger partial charge < -0.3 is 10.1 Å². The molecule has 0 saturated carbocycles. The lowest BCUT2D eigenvalue weighted by Crippen LogP contribution is -2.04. The molecule has 7 nitrogen and oxygen atoms in total. The van der Waals surface area contributed by atoms with Gasteiger partial charge in [-0.2, -0.15) is 0 Å². The molecule has 0 radical (unpaired) electrons. The maximum atomic E-state index is 10.9. The number of nitro benzene ring substituents is 1. The number of nitrogens with zero attached hydrogens (tertiary/aromatic N) is 3. The number of aromatic nitrogens is 2. The smallest absolute Gasteiger partial charge is 0.312 e. The largest absolute Gasteiger partial charge is 0.480 e. The summed E-state index contributed by atoms with van der Waals surface area (Å²) in [5.41, 5.74) is 0.389. The first-order valence-electron chi connectivity index (χ1n) is 6.21. The van der Waals surface area contributed by atoms with E-state index in [1.54, 1.807) is 12.4 Å². The standard InChI is InChI=1S/C13H13ClN4O3/c1-2-15-13-7-16-10(6-17-13)8-21-12-4-3-9(14)5-11(12)18(19)20/h3-7H,2,8H2,1H3,(H,15,17). The van der Waals surface area contributed by atoms with Crippen molar-refractivity contribution >= 4 is 23.1 Å². The van der Waals surface area contributed by atoms with Crippen LogP contribution in [0.5, 0.6) is 5.75 Å². The topological polar surface area (TPSA) is 90.2 Å². The second-order valence-corrected chi connectivity index (χ2v) is 4.52. The molecule has 2 rings (SSSR count). The lowest BCUT2D eigenvalue weighted by molar-refractivity contribution is -0.385. The van der Waals surface area contributed by atoms with Gasteiger partial charge >= 0.3 is 5.69 Å². The molecule has 1 N–H and O–H groups in total. The number of hydrogen-bond donors (Lipinski definition) is 1. The highest BCUT2D eigenvalue weighted by Crippen LogP contribution is 2.30. The Kier molecular flexibility index (Phi) is 4.89. The molecule has 0 amide bonds. The zero-order valence-corrected chi connectivity index (χ0v) is 12.0. The third-order valence-corrected chi connectivity index (χ3v) is 2.79. The summed E-state index contributed by atoms with van der Waals surface area (Å²) in [7, 11) is 0. The molecule has 0 aliphatic carbocycles. The summed E-state index contributed by atoms with van der Waals surface area (Å²) >= 11 is 5.74. The Hall–Kier alpha value is -2.41. The first kappa shape index (κ1) is 15.0. The summed E-state index contributed by atoms with van der Waals surface area (Å²) in [6, 6.07) is 4.24. The van der Waals surface area contributed by atoms with Gasteiger partial charge in [0.1, 0.15) is 12.4 Å². The molecule has 110 valence electrons. The molecule has 0 aliphatic rings. The average molecular weight is 309 g/mol. The van der Waals surface area contributed by atoms with Crippen LogP contribution < -0.4 is 10.1 Å². The van der Waals surface area contributed by atoms with Crippen LogP contribution in [-0.2, 0) is 6.61 Å². The SMILES string of the molecule is CCNc1cnc(COc2ccc(Cl)cc2[N+](=O)[O-])cn1. The van der Waals surface area contributed by atoms with Crippen molar-refractivity contribution in [3.05, 3.63) is 51.4 Å². The van der Waals surface area contributed by atoms with Gasteiger partial charge in [0, 0.05) is 17.6 Å². The highest BCUT2D eigenvalue weighted by molar-refractivity contribution is 6.30. The number of halogens is 1. The number of nitro groups is 1. The quantitative estimate of drug-likeness (QED) is 0.651. The third-order valence-electron chi connectivity index (χ3n) is 2.56. The molecule has 1 aromatic carbocycles. The van der Waals surface area contributed by atoms with E-state index in [0.717, 1.165) is 6.54 Å². The Morgan fingerprint density at radius 1 is 1.38 bits per heavy atom. The molecule has 8 heteroatoms. The van der Waals surface area contributed by atoms with Crippen LogP contribution in [-0.4, -0.2) is 21.4 Å². The van der Waals surface area contributed by atoms with Crippen molar-refractivity contribution < 1.29 is 9.66 Å². The van der Waals surface area contributed by atoms with E-state index in [-0.39, 0.29) is 23.1 Å². The Labute approximate surface area is 126 Å². The van der Waals surface area contributed by atoms with Crippen LogP contribution >= 0.6 is 11.6 Å². The van der Waals surface area contributed by atoms with Crippen LogP contribution in [0.15, 0.2) is 30.6 Å². The van der Waals surface area contributed by atoms with Crippen LogP contribution in [0.2, 0.25) is 5.02 Å². The van der Waals surface area contributed by atoms with Crippen molar-refractivity contribution in [1.29, 1.82) is 0 Å². The zero-order chi connectivity index (χ0) is 15.2. The number of ether oxygens (including phenoxy) is 1. The number of hydrogen-bond acceptors (Lipinski definition) is 6. The molecule has 0 aliphatic heterocycles. The first-order valence-corrected chi connectivity index (χ1v) is 6.59. The van der Waals surface area contributed by atoms with E-state index in [9.17, 15) is 10.1 Å². The van der Waals surface area contributed by atoms with Crippen LogP contribution in [0.1, 0.15) is 12.6 Å². The maximum Gasteiger partial charge on any atom is 0.312 e. The fraction of sp³-hybridized carbons (Fsp3) is 0.231. The van der Waals surface area contributed by atoms with Gasteiger partial charge in [-0.1, -0.05) is 11.6 Å². The van der Waals surface area contributed by atoms with Crippen molar-refractivity contribution in [1.82, 2.24) is 9.97 Å². The number of anilines is 1. The predicted molar refractivity (Wildman–Crippen MR) is 78.6 cm³/mol. The lowest BCUT2D eigenvalue weighted by atomic mass is 10.3. The summed E-state index contributed by atoms with van der Waals surface area (Å²) in [6.45, 7) is 2.79. The fourth-order valence-corrected chi connectivity index (χ4v) is 1.78. The second kappa shape index (κ2) is 6.85. The van der Waals surface area contributed by atoms with Gasteiger partial charge in [-0.3, -0.25) is 15.1 Å². The van der Waals surface area contributed by atoms with Crippen LogP contribution in [0.25, 0.3) is 0 Å². The van der Waals surface area contributed by atoms with Crippen LogP contribution in [0.4, 0.5) is 11.5 Å². The van der Waals surface area contributed by atoms with Crippen LogP contribution in [0.3, 0.4) is 0 Å². The zero-order valence-electron chi connectivity index (χ0n) is 11.2. The van der Waals surface area contributed by atoms with Gasteiger partial charge in [-0.15, -0.1) is 0 Å². The molecule has 0 atom stereocenters. The minimum Gasteiger partial charge on any atom is -0.480 e. The highest BCUT2D eigenvalue weighted by Gasteiger charge is 2.15. The molecule has 1 heterocycles. The molecule has 0 spiro atoms. The van der Waals surface area contributed by atoms with E-state index < -0.39 is 4.92 Å². The Morgan fingerprint density at radius 3 is 2.81 bits per heavy atom. The summed E-state index contributed by atoms with van der Waals surface area (Å²) < 4.78 is 5.42. The van der Waals surface area contributed by atoms with E-state index in [1.165, 1.54) is 18.2 Å². The van der Waals surface area contributed by atoms with Gasteiger partial charge in [-0.25, -0.2) is 4.98 Å². The molecule has 2 aromatic rings. The van der Waals surface area contributed by atoms with Gasteiger partial charge in [0.15, 0.2) is 5.75 Å². The van der Waals surface area contributed by atoms with Crippen LogP contribution in [0, 0.1) is 10.1 Å². The van der Waals surface area contributed by atoms with E-state index >= 15 is 0 Å². The van der Waals surface area contributed by atoms with Gasteiger partial charge in [-0.05, 0) is 19.1 Å². The van der Waals surface area contributed by atoms with Crippen molar-refractivity contribution in [3.8, 4) is 5.75 Å². The Bertz CT molecular complexity index is 634. The minimum absolute atomic E-state index is 0.0852. The van der Waals surface area contributed by atoms with Gasteiger partial charge in [0.05, 0.1) is 23.0 Å². The normalized spacial score (nSPS) is 10.2.